The molecular weight excluding hydrogens is 355 g/mol. The maximum absolute atomic E-state index is 12.3. The van der Waals surface area contributed by atoms with E-state index in [-0.39, 0.29) is 17.1 Å². The Labute approximate surface area is 147 Å². The van der Waals surface area contributed by atoms with E-state index in [1.807, 2.05) is 13.8 Å². The van der Waals surface area contributed by atoms with Crippen molar-refractivity contribution in [3.8, 4) is 0 Å². The first-order chi connectivity index (χ1) is 10.7. The van der Waals surface area contributed by atoms with Crippen molar-refractivity contribution in [1.29, 1.82) is 0 Å². The summed E-state index contributed by atoms with van der Waals surface area (Å²) in [6.07, 6.45) is 1.23. The van der Waals surface area contributed by atoms with Gasteiger partial charge in [-0.2, -0.15) is 0 Å². The Balaban J connectivity index is 1.83. The molecule has 0 atom stereocenters. The van der Waals surface area contributed by atoms with Crippen LogP contribution in [0, 0.1) is 5.41 Å². The predicted molar refractivity (Wildman–Crippen MR) is 93.0 cm³/mol. The first-order valence-corrected chi connectivity index (χ1v) is 8.62. The fourth-order valence-electron chi connectivity index (χ4n) is 2.58. The lowest BCUT2D eigenvalue weighted by molar-refractivity contribution is 0.0915. The van der Waals surface area contributed by atoms with Gasteiger partial charge in [-0.05, 0) is 30.0 Å². The van der Waals surface area contributed by atoms with Crippen LogP contribution in [-0.2, 0) is 6.42 Å². The Morgan fingerprint density at radius 1 is 1.26 bits per heavy atom. The van der Waals surface area contributed by atoms with Crippen molar-refractivity contribution in [2.75, 3.05) is 5.32 Å². The fourth-order valence-corrected chi connectivity index (χ4v) is 3.79. The lowest BCUT2D eigenvalue weighted by Gasteiger charge is -2.26. The minimum atomic E-state index is -0.332. The molecule has 0 unspecified atom stereocenters. The Kier molecular flexibility index (Phi) is 4.21. The molecule has 1 aliphatic carbocycles. The van der Waals surface area contributed by atoms with E-state index in [1.54, 1.807) is 12.1 Å². The zero-order valence-corrected chi connectivity index (χ0v) is 14.9. The van der Waals surface area contributed by atoms with Crippen LogP contribution in [0.1, 0.15) is 46.0 Å². The molecule has 23 heavy (non-hydrogen) atoms. The molecular formula is C16H14Cl2N2O2S. The molecule has 4 nitrogen and oxygen atoms in total. The molecule has 3 rings (SSSR count). The molecule has 1 amide bonds. The number of nitrogens with zero attached hydrogens (tertiary/aromatic N) is 1. The number of halogens is 2. The first-order valence-electron chi connectivity index (χ1n) is 7.04. The number of ketones is 1. The molecule has 1 heterocycles. The summed E-state index contributed by atoms with van der Waals surface area (Å²) in [4.78, 5) is 29.5. The Morgan fingerprint density at radius 3 is 2.70 bits per heavy atom. The van der Waals surface area contributed by atoms with Gasteiger partial charge >= 0.3 is 0 Å². The van der Waals surface area contributed by atoms with Crippen molar-refractivity contribution in [2.45, 2.75) is 26.7 Å². The van der Waals surface area contributed by atoms with E-state index in [1.165, 1.54) is 17.4 Å². The van der Waals surface area contributed by atoms with Crippen molar-refractivity contribution in [2.24, 2.45) is 5.41 Å². The zero-order valence-electron chi connectivity index (χ0n) is 12.6. The molecule has 120 valence electrons. The number of hydrogen-bond acceptors (Lipinski definition) is 4. The number of thiazole rings is 1. The normalized spacial score (nSPS) is 16.1. The maximum atomic E-state index is 12.3. The van der Waals surface area contributed by atoms with E-state index in [2.05, 4.69) is 10.3 Å². The second-order valence-corrected chi connectivity index (χ2v) is 8.13. The smallest absolute Gasteiger partial charge is 0.257 e. The third-order valence-electron chi connectivity index (χ3n) is 3.64. The van der Waals surface area contributed by atoms with Gasteiger partial charge in [-0.3, -0.25) is 14.9 Å². The average molecular weight is 369 g/mol. The topological polar surface area (TPSA) is 59.1 Å². The van der Waals surface area contributed by atoms with E-state index < -0.39 is 0 Å². The van der Waals surface area contributed by atoms with Gasteiger partial charge in [0.1, 0.15) is 0 Å². The molecule has 1 aromatic heterocycles. The number of hydrogen-bond donors (Lipinski definition) is 1. The van der Waals surface area contributed by atoms with Gasteiger partial charge < -0.3 is 0 Å². The van der Waals surface area contributed by atoms with Crippen molar-refractivity contribution < 1.29 is 9.59 Å². The van der Waals surface area contributed by atoms with Crippen molar-refractivity contribution in [3.63, 3.8) is 0 Å². The number of anilines is 1. The number of Topliss-reactive ketones (excluding diaryl/α,β-unsaturated/α-hetero) is 1. The summed E-state index contributed by atoms with van der Waals surface area (Å²) >= 11 is 13.0. The van der Waals surface area contributed by atoms with Crippen LogP contribution in [0.4, 0.5) is 5.13 Å². The van der Waals surface area contributed by atoms with Crippen LogP contribution in [0.3, 0.4) is 0 Å². The Morgan fingerprint density at radius 2 is 2.00 bits per heavy atom. The summed E-state index contributed by atoms with van der Waals surface area (Å²) in [7, 11) is 0. The molecule has 0 fully saturated rings. The number of benzene rings is 1. The number of amides is 1. The van der Waals surface area contributed by atoms with Crippen LogP contribution >= 0.6 is 34.5 Å². The van der Waals surface area contributed by atoms with Gasteiger partial charge in [-0.15, -0.1) is 0 Å². The number of aromatic nitrogens is 1. The van der Waals surface area contributed by atoms with Gasteiger partial charge in [-0.1, -0.05) is 48.4 Å². The van der Waals surface area contributed by atoms with Crippen LogP contribution < -0.4 is 5.32 Å². The minimum Gasteiger partial charge on any atom is -0.298 e. The second kappa shape index (κ2) is 5.89. The van der Waals surface area contributed by atoms with E-state index in [9.17, 15) is 9.59 Å². The van der Waals surface area contributed by atoms with E-state index in [0.717, 1.165) is 12.1 Å². The van der Waals surface area contributed by atoms with Gasteiger partial charge in [-0.25, -0.2) is 4.98 Å². The largest absolute Gasteiger partial charge is 0.298 e. The number of fused-ring (bicyclic) bond motifs is 1. The summed E-state index contributed by atoms with van der Waals surface area (Å²) in [5.74, 6) is -0.245. The van der Waals surface area contributed by atoms with Crippen LogP contribution in [-0.4, -0.2) is 16.7 Å². The highest BCUT2D eigenvalue weighted by Gasteiger charge is 2.34. The van der Waals surface area contributed by atoms with Crippen molar-refractivity contribution in [1.82, 2.24) is 4.98 Å². The summed E-state index contributed by atoms with van der Waals surface area (Å²) in [6, 6.07) is 4.66. The predicted octanol–water partition coefficient (Wildman–Crippen LogP) is 4.86. The number of carbonyl (C=O) groups excluding carboxylic acids is 2. The quantitative estimate of drug-likeness (QED) is 0.823. The van der Waals surface area contributed by atoms with Gasteiger partial charge in [0.15, 0.2) is 10.9 Å². The van der Waals surface area contributed by atoms with E-state index in [4.69, 9.17) is 23.2 Å². The minimum absolute atomic E-state index is 0.0868. The standard InChI is InChI=1S/C16H14Cl2N2O2S/c1-16(2)6-11-13(12(21)7-16)23-15(19-11)20-14(22)8-3-4-9(17)10(18)5-8/h3-5H,6-7H2,1-2H3,(H,19,20,22). The molecule has 0 bridgehead atoms. The van der Waals surface area contributed by atoms with Crippen molar-refractivity contribution in [3.05, 3.63) is 44.4 Å². The lowest BCUT2D eigenvalue weighted by Crippen LogP contribution is -2.26. The zero-order chi connectivity index (χ0) is 16.8. The lowest BCUT2D eigenvalue weighted by atomic mass is 9.78. The molecule has 1 aromatic carbocycles. The number of rotatable bonds is 2. The van der Waals surface area contributed by atoms with Gasteiger partial charge in [0, 0.05) is 12.0 Å². The second-order valence-electron chi connectivity index (χ2n) is 6.32. The highest BCUT2D eigenvalue weighted by molar-refractivity contribution is 7.17. The molecule has 0 saturated heterocycles. The average Bonchev–Trinajstić information content (AvgIpc) is 2.83. The van der Waals surface area contributed by atoms with Gasteiger partial charge in [0.05, 0.1) is 20.6 Å². The Hall–Kier alpha value is -1.43. The Bertz CT molecular complexity index is 814. The summed E-state index contributed by atoms with van der Waals surface area (Å²) < 4.78 is 0. The molecule has 0 saturated carbocycles. The fraction of sp³-hybridized carbons (Fsp3) is 0.312. The van der Waals surface area contributed by atoms with Gasteiger partial charge in [0.25, 0.3) is 5.91 Å². The highest BCUT2D eigenvalue weighted by atomic mass is 35.5. The van der Waals surface area contributed by atoms with Crippen LogP contribution in [0.25, 0.3) is 0 Å². The molecule has 0 spiro atoms. The molecule has 1 N–H and O–H groups in total. The number of nitrogens with one attached hydrogen (secondary N) is 1. The van der Waals surface area contributed by atoms with Crippen molar-refractivity contribution >= 4 is 51.4 Å². The maximum Gasteiger partial charge on any atom is 0.257 e. The van der Waals surface area contributed by atoms with Crippen LogP contribution in [0.5, 0.6) is 0 Å². The highest BCUT2D eigenvalue weighted by Crippen LogP contribution is 2.38. The SMILES string of the molecule is CC1(C)CC(=O)c2sc(NC(=O)c3ccc(Cl)c(Cl)c3)nc2C1. The van der Waals surface area contributed by atoms with Gasteiger partial charge in [0.2, 0.25) is 0 Å². The molecule has 0 radical (unpaired) electrons. The summed E-state index contributed by atoms with van der Waals surface area (Å²) in [5, 5.41) is 3.86. The molecule has 1 aliphatic rings. The van der Waals surface area contributed by atoms with E-state index in [0.29, 0.717) is 32.0 Å². The van der Waals surface area contributed by atoms with Crippen LogP contribution in [0.15, 0.2) is 18.2 Å². The molecule has 7 heteroatoms. The van der Waals surface area contributed by atoms with Crippen LogP contribution in [0.2, 0.25) is 10.0 Å². The number of carbonyl (C=O) groups is 2. The third kappa shape index (κ3) is 3.42. The molecule has 2 aromatic rings. The monoisotopic (exact) mass is 368 g/mol. The van der Waals surface area contributed by atoms with E-state index >= 15 is 0 Å². The first kappa shape index (κ1) is 16.4. The third-order valence-corrected chi connectivity index (χ3v) is 5.43. The summed E-state index contributed by atoms with van der Waals surface area (Å²) in [5.41, 5.74) is 1.06. The molecule has 0 aliphatic heterocycles. The summed E-state index contributed by atoms with van der Waals surface area (Å²) in [6.45, 7) is 4.09.